The van der Waals surface area contributed by atoms with Crippen LogP contribution in [0.3, 0.4) is 0 Å². The Kier molecular flexibility index (Phi) is 5.39. The summed E-state index contributed by atoms with van der Waals surface area (Å²) in [5.41, 5.74) is 2.81. The number of imidazole rings is 1. The van der Waals surface area contributed by atoms with Crippen molar-refractivity contribution in [2.75, 3.05) is 5.32 Å². The highest BCUT2D eigenvalue weighted by Crippen LogP contribution is 2.28. The molecule has 2 aromatic carbocycles. The topological polar surface area (TPSA) is 46.9 Å². The molecule has 8 heteroatoms. The van der Waals surface area contributed by atoms with Gasteiger partial charge in [0.1, 0.15) is 6.54 Å². The number of aromatic nitrogens is 2. The summed E-state index contributed by atoms with van der Waals surface area (Å²) in [5, 5.41) is 2.94. The minimum atomic E-state index is -2.60. The van der Waals surface area contributed by atoms with Gasteiger partial charge in [0.05, 0.1) is 11.0 Å². The molecule has 25 heavy (non-hydrogen) atoms. The van der Waals surface area contributed by atoms with Crippen molar-refractivity contribution in [3.05, 3.63) is 52.5 Å². The molecule has 0 saturated heterocycles. The number of amides is 1. The van der Waals surface area contributed by atoms with Gasteiger partial charge in [-0.2, -0.15) is 8.78 Å². The quantitative estimate of drug-likeness (QED) is 0.581. The molecule has 0 saturated carbocycles. The highest BCUT2D eigenvalue weighted by Gasteiger charge is 2.18. The first-order valence-corrected chi connectivity index (χ1v) is 9.07. The zero-order valence-corrected chi connectivity index (χ0v) is 15.6. The Bertz CT molecular complexity index is 929. The number of aryl methyl sites for hydroxylation is 1. The molecule has 0 aliphatic carbocycles. The van der Waals surface area contributed by atoms with Gasteiger partial charge in [-0.25, -0.2) is 4.98 Å². The van der Waals surface area contributed by atoms with Crippen molar-refractivity contribution in [3.63, 3.8) is 0 Å². The molecular formula is C17H14BrF2N3OS. The van der Waals surface area contributed by atoms with E-state index in [9.17, 15) is 13.6 Å². The molecule has 1 heterocycles. The fourth-order valence-electron chi connectivity index (χ4n) is 2.48. The number of para-hydroxylation sites is 2. The standard InChI is InChI=1S/C17H14BrF2N3OS/c1-10-8-11(18)6-7-12(10)21-15(24)9-23-14-5-3-2-4-13(14)22-17(23)25-16(19)20/h2-8,16H,9H2,1H3,(H,21,24). The second-order valence-corrected chi connectivity index (χ2v) is 7.23. The third-order valence-corrected chi connectivity index (χ3v) is 4.77. The Labute approximate surface area is 155 Å². The maximum absolute atomic E-state index is 12.8. The Morgan fingerprint density at radius 3 is 2.80 bits per heavy atom. The van der Waals surface area contributed by atoms with Gasteiger partial charge in [0.15, 0.2) is 5.16 Å². The van der Waals surface area contributed by atoms with Gasteiger partial charge < -0.3 is 9.88 Å². The molecule has 0 atom stereocenters. The second kappa shape index (κ2) is 7.53. The van der Waals surface area contributed by atoms with Crippen LogP contribution in [0.25, 0.3) is 11.0 Å². The van der Waals surface area contributed by atoms with Crippen LogP contribution < -0.4 is 5.32 Å². The number of rotatable bonds is 5. The van der Waals surface area contributed by atoms with Crippen molar-refractivity contribution in [3.8, 4) is 0 Å². The zero-order chi connectivity index (χ0) is 18.0. The van der Waals surface area contributed by atoms with E-state index in [2.05, 4.69) is 26.2 Å². The van der Waals surface area contributed by atoms with Crippen molar-refractivity contribution in [1.82, 2.24) is 9.55 Å². The van der Waals surface area contributed by atoms with E-state index in [-0.39, 0.29) is 17.6 Å². The lowest BCUT2D eigenvalue weighted by molar-refractivity contribution is -0.116. The fraction of sp³-hybridized carbons (Fsp3) is 0.176. The number of fused-ring (bicyclic) bond motifs is 1. The minimum absolute atomic E-state index is 0.0922. The van der Waals surface area contributed by atoms with E-state index in [1.807, 2.05) is 19.1 Å². The molecule has 3 rings (SSSR count). The highest BCUT2D eigenvalue weighted by molar-refractivity contribution is 9.10. The Balaban J connectivity index is 1.87. The number of thioether (sulfide) groups is 1. The Hall–Kier alpha value is -1.93. The van der Waals surface area contributed by atoms with E-state index in [0.29, 0.717) is 28.5 Å². The first-order valence-electron chi connectivity index (χ1n) is 7.40. The molecule has 0 aliphatic heterocycles. The number of hydrogen-bond donors (Lipinski definition) is 1. The number of alkyl halides is 2. The predicted octanol–water partition coefficient (Wildman–Crippen LogP) is 5.06. The average molecular weight is 426 g/mol. The summed E-state index contributed by atoms with van der Waals surface area (Å²) in [4.78, 5) is 16.6. The number of benzene rings is 2. The van der Waals surface area contributed by atoms with Gasteiger partial charge in [0, 0.05) is 10.2 Å². The third kappa shape index (κ3) is 4.19. The molecule has 0 bridgehead atoms. The largest absolute Gasteiger partial charge is 0.324 e. The maximum atomic E-state index is 12.8. The van der Waals surface area contributed by atoms with Crippen LogP contribution in [-0.4, -0.2) is 21.2 Å². The molecule has 130 valence electrons. The first kappa shape index (κ1) is 17.9. The van der Waals surface area contributed by atoms with E-state index in [1.54, 1.807) is 30.3 Å². The van der Waals surface area contributed by atoms with Crippen LogP contribution in [0.2, 0.25) is 0 Å². The van der Waals surface area contributed by atoms with Gasteiger partial charge in [-0.15, -0.1) is 0 Å². The van der Waals surface area contributed by atoms with Crippen molar-refractivity contribution in [2.45, 2.75) is 24.4 Å². The SMILES string of the molecule is Cc1cc(Br)ccc1NC(=O)Cn1c(SC(F)F)nc2ccccc21. The summed E-state index contributed by atoms with van der Waals surface area (Å²) in [5.74, 6) is -2.91. The van der Waals surface area contributed by atoms with Crippen LogP contribution in [-0.2, 0) is 11.3 Å². The lowest BCUT2D eigenvalue weighted by Crippen LogP contribution is -2.20. The van der Waals surface area contributed by atoms with Gasteiger partial charge >= 0.3 is 0 Å². The van der Waals surface area contributed by atoms with Crippen LogP contribution in [0.5, 0.6) is 0 Å². The number of hydrogen-bond acceptors (Lipinski definition) is 3. The smallest absolute Gasteiger partial charge is 0.291 e. The second-order valence-electron chi connectivity index (χ2n) is 5.36. The molecule has 1 aromatic heterocycles. The van der Waals surface area contributed by atoms with Crippen molar-refractivity contribution in [2.24, 2.45) is 0 Å². The van der Waals surface area contributed by atoms with Gasteiger partial charge in [0.25, 0.3) is 5.76 Å². The van der Waals surface area contributed by atoms with Crippen LogP contribution in [0.1, 0.15) is 5.56 Å². The van der Waals surface area contributed by atoms with Crippen LogP contribution in [0, 0.1) is 6.92 Å². The van der Waals surface area contributed by atoms with Gasteiger partial charge in [-0.05, 0) is 54.6 Å². The van der Waals surface area contributed by atoms with E-state index < -0.39 is 5.76 Å². The number of carbonyl (C=O) groups is 1. The summed E-state index contributed by atoms with van der Waals surface area (Å²) in [6.07, 6.45) is 0. The number of nitrogens with one attached hydrogen (secondary N) is 1. The average Bonchev–Trinajstić information content (AvgIpc) is 2.87. The van der Waals surface area contributed by atoms with Crippen LogP contribution >= 0.6 is 27.7 Å². The first-order chi connectivity index (χ1) is 11.9. The third-order valence-electron chi connectivity index (χ3n) is 3.58. The van der Waals surface area contributed by atoms with Gasteiger partial charge in [-0.1, -0.05) is 28.1 Å². The fourth-order valence-corrected chi connectivity index (χ4v) is 3.55. The molecule has 4 nitrogen and oxygen atoms in total. The lowest BCUT2D eigenvalue weighted by Gasteiger charge is -2.11. The summed E-state index contributed by atoms with van der Waals surface area (Å²) >= 11 is 3.71. The molecule has 0 radical (unpaired) electrons. The maximum Gasteiger partial charge on any atom is 0.291 e. The highest BCUT2D eigenvalue weighted by atomic mass is 79.9. The van der Waals surface area contributed by atoms with E-state index in [1.165, 1.54) is 4.57 Å². The monoisotopic (exact) mass is 425 g/mol. The summed E-state index contributed by atoms with van der Waals surface area (Å²) in [7, 11) is 0. The van der Waals surface area contributed by atoms with Crippen molar-refractivity contribution < 1.29 is 13.6 Å². The normalized spacial score (nSPS) is 11.2. The molecule has 1 N–H and O–H groups in total. The molecule has 0 unspecified atom stereocenters. The van der Waals surface area contributed by atoms with Crippen molar-refractivity contribution >= 4 is 50.3 Å². The predicted molar refractivity (Wildman–Crippen MR) is 99.1 cm³/mol. The van der Waals surface area contributed by atoms with Crippen LogP contribution in [0.15, 0.2) is 52.1 Å². The minimum Gasteiger partial charge on any atom is -0.324 e. The Morgan fingerprint density at radius 2 is 2.08 bits per heavy atom. The number of nitrogens with zero attached hydrogens (tertiary/aromatic N) is 2. The summed E-state index contributed by atoms with van der Waals surface area (Å²) in [6, 6.07) is 12.6. The molecule has 1 amide bonds. The van der Waals surface area contributed by atoms with E-state index >= 15 is 0 Å². The molecule has 0 aliphatic rings. The number of carbonyl (C=O) groups excluding carboxylic acids is 1. The molecule has 0 spiro atoms. The zero-order valence-electron chi connectivity index (χ0n) is 13.2. The lowest BCUT2D eigenvalue weighted by atomic mass is 10.2. The van der Waals surface area contributed by atoms with Gasteiger partial charge in [0.2, 0.25) is 5.91 Å². The number of anilines is 1. The van der Waals surface area contributed by atoms with Crippen molar-refractivity contribution in [1.29, 1.82) is 0 Å². The summed E-state index contributed by atoms with van der Waals surface area (Å²) in [6.45, 7) is 1.79. The van der Waals surface area contributed by atoms with E-state index in [0.717, 1.165) is 10.0 Å². The van der Waals surface area contributed by atoms with Crippen LogP contribution in [0.4, 0.5) is 14.5 Å². The Morgan fingerprint density at radius 1 is 1.32 bits per heavy atom. The summed E-state index contributed by atoms with van der Waals surface area (Å²) < 4.78 is 28.0. The molecular weight excluding hydrogens is 412 g/mol. The number of halogens is 3. The van der Waals surface area contributed by atoms with E-state index in [4.69, 9.17) is 0 Å². The molecule has 0 fully saturated rings. The van der Waals surface area contributed by atoms with Gasteiger partial charge in [-0.3, -0.25) is 4.79 Å². The molecule has 3 aromatic rings.